The Bertz CT molecular complexity index is 295. The van der Waals surface area contributed by atoms with Crippen molar-refractivity contribution >= 4 is 11.9 Å². The third-order valence-electron chi connectivity index (χ3n) is 2.08. The summed E-state index contributed by atoms with van der Waals surface area (Å²) >= 11 is 0. The molecule has 0 aromatic heterocycles. The first-order valence-corrected chi connectivity index (χ1v) is 4.89. The van der Waals surface area contributed by atoms with Crippen molar-refractivity contribution in [3.05, 3.63) is 37.1 Å². The van der Waals surface area contributed by atoms with Gasteiger partial charge in [0.15, 0.2) is 0 Å². The maximum atomic E-state index is 4.46. The van der Waals surface area contributed by atoms with Crippen molar-refractivity contribution in [2.75, 3.05) is 6.54 Å². The lowest BCUT2D eigenvalue weighted by atomic mass is 10.0. The van der Waals surface area contributed by atoms with Crippen molar-refractivity contribution in [2.24, 2.45) is 9.98 Å². The highest BCUT2D eigenvalue weighted by atomic mass is 14.8. The van der Waals surface area contributed by atoms with Gasteiger partial charge in [0.2, 0.25) is 0 Å². The smallest absolute Gasteiger partial charge is 0.0435 e. The van der Waals surface area contributed by atoms with E-state index >= 15 is 0 Å². The zero-order valence-corrected chi connectivity index (χ0v) is 8.45. The van der Waals surface area contributed by atoms with Gasteiger partial charge in [-0.2, -0.15) is 0 Å². The molecule has 0 aromatic rings. The molecule has 0 fully saturated rings. The Balaban J connectivity index is 2.74. The summed E-state index contributed by atoms with van der Waals surface area (Å²) in [6, 6.07) is 0. The van der Waals surface area contributed by atoms with Gasteiger partial charge in [-0.1, -0.05) is 25.3 Å². The SMILES string of the molecule is C=C/C=N\C=C(/C=C)C1=NCCCC1. The van der Waals surface area contributed by atoms with Gasteiger partial charge in [0.25, 0.3) is 0 Å². The predicted molar refractivity (Wildman–Crippen MR) is 63.1 cm³/mol. The number of allylic oxidation sites excluding steroid dienone is 3. The van der Waals surface area contributed by atoms with Crippen LogP contribution in [-0.2, 0) is 0 Å². The fourth-order valence-electron chi connectivity index (χ4n) is 1.36. The molecule has 14 heavy (non-hydrogen) atoms. The van der Waals surface area contributed by atoms with E-state index in [2.05, 4.69) is 23.1 Å². The first-order chi connectivity index (χ1) is 6.88. The Kier molecular flexibility index (Phi) is 4.62. The van der Waals surface area contributed by atoms with E-state index in [1.165, 1.54) is 12.8 Å². The highest BCUT2D eigenvalue weighted by Gasteiger charge is 2.07. The van der Waals surface area contributed by atoms with E-state index in [-0.39, 0.29) is 0 Å². The van der Waals surface area contributed by atoms with Crippen LogP contribution in [-0.4, -0.2) is 18.5 Å². The first-order valence-electron chi connectivity index (χ1n) is 4.89. The third-order valence-corrected chi connectivity index (χ3v) is 2.08. The molecule has 0 aromatic carbocycles. The normalized spacial score (nSPS) is 18.0. The van der Waals surface area contributed by atoms with E-state index in [0.29, 0.717) is 0 Å². The standard InChI is InChI=1S/C12H16N2/c1-3-8-13-10-11(4-2)12-7-5-6-9-14-12/h3-4,8,10H,1-2,5-7,9H2/b11-10+,13-8-. The van der Waals surface area contributed by atoms with E-state index in [1.807, 2.05) is 6.08 Å². The average Bonchev–Trinajstić information content (AvgIpc) is 2.26. The Morgan fingerprint density at radius 2 is 2.21 bits per heavy atom. The van der Waals surface area contributed by atoms with Gasteiger partial charge in [-0.25, -0.2) is 0 Å². The molecule has 74 valence electrons. The minimum atomic E-state index is 0.936. The molecular formula is C12H16N2. The van der Waals surface area contributed by atoms with Gasteiger partial charge in [0, 0.05) is 30.2 Å². The van der Waals surface area contributed by atoms with Gasteiger partial charge in [0.1, 0.15) is 0 Å². The van der Waals surface area contributed by atoms with E-state index in [9.17, 15) is 0 Å². The van der Waals surface area contributed by atoms with E-state index in [4.69, 9.17) is 0 Å². The summed E-state index contributed by atoms with van der Waals surface area (Å²) in [5, 5.41) is 0. The van der Waals surface area contributed by atoms with Crippen molar-refractivity contribution in [2.45, 2.75) is 19.3 Å². The second-order valence-corrected chi connectivity index (χ2v) is 3.11. The van der Waals surface area contributed by atoms with Crippen molar-refractivity contribution in [1.29, 1.82) is 0 Å². The van der Waals surface area contributed by atoms with E-state index < -0.39 is 0 Å². The molecule has 1 aliphatic rings. The Labute approximate surface area is 85.5 Å². The van der Waals surface area contributed by atoms with Gasteiger partial charge in [-0.15, -0.1) is 0 Å². The van der Waals surface area contributed by atoms with Crippen LogP contribution in [0.5, 0.6) is 0 Å². The molecule has 0 radical (unpaired) electrons. The summed E-state index contributed by atoms with van der Waals surface area (Å²) in [6.45, 7) is 8.26. The molecule has 1 heterocycles. The summed E-state index contributed by atoms with van der Waals surface area (Å²) in [6.07, 6.45) is 10.4. The Morgan fingerprint density at radius 3 is 2.79 bits per heavy atom. The van der Waals surface area contributed by atoms with Crippen LogP contribution in [0.4, 0.5) is 0 Å². The van der Waals surface area contributed by atoms with Gasteiger partial charge in [-0.05, 0) is 19.3 Å². The number of rotatable bonds is 4. The minimum absolute atomic E-state index is 0.936. The molecule has 2 heteroatoms. The summed E-state index contributed by atoms with van der Waals surface area (Å²) in [4.78, 5) is 8.54. The van der Waals surface area contributed by atoms with Crippen LogP contribution in [0.25, 0.3) is 0 Å². The highest BCUT2D eigenvalue weighted by Crippen LogP contribution is 2.13. The summed E-state index contributed by atoms with van der Waals surface area (Å²) in [5.74, 6) is 0. The van der Waals surface area contributed by atoms with Crippen LogP contribution < -0.4 is 0 Å². The number of hydrogen-bond acceptors (Lipinski definition) is 2. The minimum Gasteiger partial charge on any atom is -0.289 e. The Hall–Kier alpha value is -1.44. The predicted octanol–water partition coefficient (Wildman–Crippen LogP) is 2.94. The summed E-state index contributed by atoms with van der Waals surface area (Å²) in [5.41, 5.74) is 2.16. The zero-order valence-electron chi connectivity index (χ0n) is 8.45. The number of aliphatic imine (C=N–C) groups is 2. The average molecular weight is 188 g/mol. The van der Waals surface area contributed by atoms with Crippen molar-refractivity contribution in [1.82, 2.24) is 0 Å². The van der Waals surface area contributed by atoms with Gasteiger partial charge < -0.3 is 0 Å². The molecular weight excluding hydrogens is 172 g/mol. The molecule has 0 aliphatic carbocycles. The zero-order chi connectivity index (χ0) is 10.2. The highest BCUT2D eigenvalue weighted by molar-refractivity contribution is 6.02. The molecule has 0 saturated carbocycles. The second-order valence-electron chi connectivity index (χ2n) is 3.11. The lowest BCUT2D eigenvalue weighted by Gasteiger charge is -2.11. The van der Waals surface area contributed by atoms with E-state index in [0.717, 1.165) is 24.3 Å². The van der Waals surface area contributed by atoms with Crippen LogP contribution in [0.1, 0.15) is 19.3 Å². The van der Waals surface area contributed by atoms with Crippen LogP contribution >= 0.6 is 0 Å². The third kappa shape index (κ3) is 3.13. The lowest BCUT2D eigenvalue weighted by Crippen LogP contribution is -2.07. The molecule has 0 spiro atoms. The van der Waals surface area contributed by atoms with Crippen molar-refractivity contribution in [3.8, 4) is 0 Å². The Morgan fingerprint density at radius 1 is 1.36 bits per heavy atom. The molecule has 0 atom stereocenters. The monoisotopic (exact) mass is 188 g/mol. The molecule has 1 rings (SSSR count). The quantitative estimate of drug-likeness (QED) is 0.478. The van der Waals surface area contributed by atoms with Crippen LogP contribution in [0.15, 0.2) is 47.1 Å². The van der Waals surface area contributed by atoms with Crippen LogP contribution in [0, 0.1) is 0 Å². The first kappa shape index (κ1) is 10.6. The molecule has 0 unspecified atom stereocenters. The molecule has 0 saturated heterocycles. The lowest BCUT2D eigenvalue weighted by molar-refractivity contribution is 0.738. The van der Waals surface area contributed by atoms with Gasteiger partial charge in [0.05, 0.1) is 0 Å². The molecule has 0 N–H and O–H groups in total. The molecule has 0 amide bonds. The van der Waals surface area contributed by atoms with Crippen molar-refractivity contribution in [3.63, 3.8) is 0 Å². The summed E-state index contributed by atoms with van der Waals surface area (Å²) in [7, 11) is 0. The van der Waals surface area contributed by atoms with Crippen molar-refractivity contribution < 1.29 is 0 Å². The van der Waals surface area contributed by atoms with Crippen LogP contribution in [0.3, 0.4) is 0 Å². The van der Waals surface area contributed by atoms with Gasteiger partial charge in [-0.3, -0.25) is 9.98 Å². The van der Waals surface area contributed by atoms with E-state index in [1.54, 1.807) is 18.5 Å². The van der Waals surface area contributed by atoms with Crippen LogP contribution in [0.2, 0.25) is 0 Å². The number of nitrogens with zero attached hydrogens (tertiary/aromatic N) is 2. The van der Waals surface area contributed by atoms with Gasteiger partial charge >= 0.3 is 0 Å². The maximum Gasteiger partial charge on any atom is 0.0435 e. The molecule has 0 bridgehead atoms. The fraction of sp³-hybridized carbons (Fsp3) is 0.333. The number of hydrogen-bond donors (Lipinski definition) is 0. The maximum absolute atomic E-state index is 4.46. The summed E-state index contributed by atoms with van der Waals surface area (Å²) < 4.78 is 0. The molecule has 1 aliphatic heterocycles. The second kappa shape index (κ2) is 6.08. The fourth-order valence-corrected chi connectivity index (χ4v) is 1.36. The molecule has 2 nitrogen and oxygen atoms in total. The largest absolute Gasteiger partial charge is 0.289 e. The topological polar surface area (TPSA) is 24.7 Å².